The van der Waals surface area contributed by atoms with Gasteiger partial charge in [0.15, 0.2) is 6.61 Å². The third kappa shape index (κ3) is 4.41. The smallest absolute Gasteiger partial charge is 0.438 e. The van der Waals surface area contributed by atoms with Gasteiger partial charge in [0, 0.05) is 6.20 Å². The normalized spacial score (nSPS) is 9.31. The first-order chi connectivity index (χ1) is 7.72. The molecule has 1 heterocycles. The lowest BCUT2D eigenvalue weighted by Crippen LogP contribution is -2.28. The van der Waals surface area contributed by atoms with Crippen LogP contribution >= 0.6 is 0 Å². The molecule has 16 heavy (non-hydrogen) atoms. The van der Waals surface area contributed by atoms with Crippen LogP contribution in [0, 0.1) is 0 Å². The fourth-order valence-electron chi connectivity index (χ4n) is 0.926. The number of methoxy groups -OCH3 is 1. The van der Waals surface area contributed by atoms with Gasteiger partial charge in [0.05, 0.1) is 19.3 Å². The van der Waals surface area contributed by atoms with Crippen LogP contribution in [0.3, 0.4) is 0 Å². The Morgan fingerprint density at radius 2 is 2.25 bits per heavy atom. The summed E-state index contributed by atoms with van der Waals surface area (Å²) < 4.78 is 8.66. The number of nitrogens with zero attached hydrogens (tertiary/aromatic N) is 1. The molecular weight excluding hydrogens is 212 g/mol. The van der Waals surface area contributed by atoms with Crippen LogP contribution in [0.4, 0.5) is 4.79 Å². The van der Waals surface area contributed by atoms with Gasteiger partial charge in [-0.1, -0.05) is 6.07 Å². The zero-order valence-electron chi connectivity index (χ0n) is 8.80. The van der Waals surface area contributed by atoms with E-state index in [1.54, 1.807) is 18.3 Å². The number of aromatic nitrogens is 1. The summed E-state index contributed by atoms with van der Waals surface area (Å²) >= 11 is 0. The quantitative estimate of drug-likeness (QED) is 0.753. The second kappa shape index (κ2) is 6.39. The van der Waals surface area contributed by atoms with Crippen molar-refractivity contribution in [2.45, 2.75) is 6.54 Å². The first kappa shape index (κ1) is 12.0. The number of hydrogen-bond acceptors (Lipinski definition) is 5. The Labute approximate surface area is 92.6 Å². The van der Waals surface area contributed by atoms with E-state index in [2.05, 4.69) is 19.8 Å². The number of hydrogen-bond donors (Lipinski definition) is 1. The summed E-state index contributed by atoms with van der Waals surface area (Å²) in [7, 11) is 1.17. The number of rotatable bonds is 4. The monoisotopic (exact) mass is 224 g/mol. The van der Waals surface area contributed by atoms with Gasteiger partial charge >= 0.3 is 6.16 Å². The molecule has 1 amide bonds. The Kier molecular flexibility index (Phi) is 4.78. The average Bonchev–Trinajstić information content (AvgIpc) is 2.34. The Hall–Kier alpha value is -2.11. The number of carbonyl (C=O) groups is 2. The minimum atomic E-state index is -0.881. The van der Waals surface area contributed by atoms with Crippen molar-refractivity contribution in [3.63, 3.8) is 0 Å². The second-order valence-electron chi connectivity index (χ2n) is 2.84. The van der Waals surface area contributed by atoms with Crippen molar-refractivity contribution in [2.24, 2.45) is 0 Å². The minimum Gasteiger partial charge on any atom is -0.438 e. The van der Waals surface area contributed by atoms with Gasteiger partial charge in [-0.25, -0.2) is 4.79 Å². The molecule has 6 heteroatoms. The van der Waals surface area contributed by atoms with E-state index in [-0.39, 0.29) is 6.61 Å². The molecular formula is C10H12N2O4. The van der Waals surface area contributed by atoms with Gasteiger partial charge < -0.3 is 14.8 Å². The number of carbonyl (C=O) groups excluding carboxylic acids is 2. The van der Waals surface area contributed by atoms with Gasteiger partial charge in [0.25, 0.3) is 5.91 Å². The highest BCUT2D eigenvalue weighted by Crippen LogP contribution is 1.92. The van der Waals surface area contributed by atoms with Crippen LogP contribution in [0.15, 0.2) is 24.4 Å². The van der Waals surface area contributed by atoms with E-state index < -0.39 is 12.1 Å². The molecule has 0 saturated heterocycles. The molecule has 0 fully saturated rings. The third-order valence-corrected chi connectivity index (χ3v) is 1.68. The zero-order valence-corrected chi connectivity index (χ0v) is 8.80. The first-order valence-electron chi connectivity index (χ1n) is 4.59. The van der Waals surface area contributed by atoms with Crippen LogP contribution in [0.1, 0.15) is 5.69 Å². The molecule has 0 bridgehead atoms. The number of ether oxygens (including phenoxy) is 2. The topological polar surface area (TPSA) is 77.5 Å². The largest absolute Gasteiger partial charge is 0.508 e. The van der Waals surface area contributed by atoms with Gasteiger partial charge in [0.2, 0.25) is 0 Å². The maximum Gasteiger partial charge on any atom is 0.508 e. The highest BCUT2D eigenvalue weighted by molar-refractivity contribution is 5.79. The molecule has 1 rings (SSSR count). The van der Waals surface area contributed by atoms with Crippen molar-refractivity contribution < 1.29 is 19.1 Å². The molecule has 0 spiro atoms. The molecule has 0 saturated carbocycles. The Balaban J connectivity index is 2.23. The lowest BCUT2D eigenvalue weighted by Gasteiger charge is -2.04. The molecule has 1 N–H and O–H groups in total. The van der Waals surface area contributed by atoms with E-state index in [1.807, 2.05) is 6.07 Å². The summed E-state index contributed by atoms with van der Waals surface area (Å²) in [5.74, 6) is -0.406. The highest BCUT2D eigenvalue weighted by Gasteiger charge is 2.06. The first-order valence-corrected chi connectivity index (χ1v) is 4.59. The van der Waals surface area contributed by atoms with Gasteiger partial charge in [-0.3, -0.25) is 9.78 Å². The molecule has 0 radical (unpaired) electrons. The Morgan fingerprint density at radius 3 is 2.88 bits per heavy atom. The van der Waals surface area contributed by atoms with Crippen molar-refractivity contribution in [3.05, 3.63) is 30.1 Å². The molecule has 1 aromatic heterocycles. The van der Waals surface area contributed by atoms with Crippen LogP contribution in [-0.2, 0) is 20.8 Å². The number of nitrogens with one attached hydrogen (secondary N) is 1. The maximum absolute atomic E-state index is 11.2. The van der Waals surface area contributed by atoms with E-state index in [0.717, 1.165) is 5.69 Å². The van der Waals surface area contributed by atoms with Crippen molar-refractivity contribution in [2.75, 3.05) is 13.7 Å². The summed E-state index contributed by atoms with van der Waals surface area (Å²) in [6, 6.07) is 5.38. The molecule has 6 nitrogen and oxygen atoms in total. The van der Waals surface area contributed by atoms with Crippen LogP contribution in [-0.4, -0.2) is 30.8 Å². The highest BCUT2D eigenvalue weighted by atomic mass is 16.7. The van der Waals surface area contributed by atoms with Gasteiger partial charge in [0.1, 0.15) is 0 Å². The number of amides is 1. The SMILES string of the molecule is COC(=O)OCC(=O)NCc1ccccn1. The van der Waals surface area contributed by atoms with Crippen molar-refractivity contribution in [1.29, 1.82) is 0 Å². The van der Waals surface area contributed by atoms with E-state index in [4.69, 9.17) is 0 Å². The van der Waals surface area contributed by atoms with Crippen LogP contribution in [0.2, 0.25) is 0 Å². The van der Waals surface area contributed by atoms with E-state index in [9.17, 15) is 9.59 Å². The predicted octanol–water partition coefficient (Wildman–Crippen LogP) is 0.481. The summed E-state index contributed by atoms with van der Waals surface area (Å²) in [4.78, 5) is 25.7. The van der Waals surface area contributed by atoms with E-state index in [0.29, 0.717) is 6.54 Å². The van der Waals surface area contributed by atoms with Gasteiger partial charge in [-0.15, -0.1) is 0 Å². The molecule has 0 aliphatic rings. The summed E-state index contributed by atoms with van der Waals surface area (Å²) in [6.45, 7) is -0.0658. The maximum atomic E-state index is 11.2. The van der Waals surface area contributed by atoms with Crippen LogP contribution in [0.25, 0.3) is 0 Å². The minimum absolute atomic E-state index is 0.296. The average molecular weight is 224 g/mol. The standard InChI is InChI=1S/C10H12N2O4/c1-15-10(14)16-7-9(13)12-6-8-4-2-3-5-11-8/h2-5H,6-7H2,1H3,(H,12,13). The van der Waals surface area contributed by atoms with Crippen LogP contribution in [0.5, 0.6) is 0 Å². The summed E-state index contributed by atoms with van der Waals surface area (Å²) in [5.41, 5.74) is 0.730. The molecule has 86 valence electrons. The predicted molar refractivity (Wildman–Crippen MR) is 54.4 cm³/mol. The van der Waals surface area contributed by atoms with E-state index in [1.165, 1.54) is 7.11 Å². The third-order valence-electron chi connectivity index (χ3n) is 1.68. The van der Waals surface area contributed by atoms with Gasteiger partial charge in [-0.05, 0) is 12.1 Å². The van der Waals surface area contributed by atoms with Crippen molar-refractivity contribution >= 4 is 12.1 Å². The molecule has 0 aliphatic carbocycles. The Bertz CT molecular complexity index is 353. The molecule has 0 aromatic carbocycles. The lowest BCUT2D eigenvalue weighted by molar-refractivity contribution is -0.124. The second-order valence-corrected chi connectivity index (χ2v) is 2.84. The molecule has 0 aliphatic heterocycles. The molecule has 0 atom stereocenters. The zero-order chi connectivity index (χ0) is 11.8. The lowest BCUT2D eigenvalue weighted by atomic mass is 10.3. The number of pyridine rings is 1. The summed E-state index contributed by atoms with van der Waals surface area (Å²) in [6.07, 6.45) is 0.750. The van der Waals surface area contributed by atoms with Crippen molar-refractivity contribution in [1.82, 2.24) is 10.3 Å². The van der Waals surface area contributed by atoms with Crippen molar-refractivity contribution in [3.8, 4) is 0 Å². The van der Waals surface area contributed by atoms with Crippen LogP contribution < -0.4 is 5.32 Å². The fraction of sp³-hybridized carbons (Fsp3) is 0.300. The van der Waals surface area contributed by atoms with Gasteiger partial charge in [-0.2, -0.15) is 0 Å². The fourth-order valence-corrected chi connectivity index (χ4v) is 0.926. The van der Waals surface area contributed by atoms with E-state index >= 15 is 0 Å². The molecule has 1 aromatic rings. The Morgan fingerprint density at radius 1 is 1.44 bits per heavy atom. The molecule has 0 unspecified atom stereocenters. The summed E-state index contributed by atoms with van der Waals surface area (Å²) in [5, 5.41) is 2.54.